The highest BCUT2D eigenvalue weighted by Gasteiger charge is 2.30. The van der Waals surface area contributed by atoms with Crippen molar-refractivity contribution in [1.82, 2.24) is 9.78 Å². The second-order valence-corrected chi connectivity index (χ2v) is 7.46. The number of aromatic nitrogens is 2. The Morgan fingerprint density at radius 1 is 1.23 bits per heavy atom. The molecule has 0 saturated carbocycles. The Morgan fingerprint density at radius 2 is 2.00 bits per heavy atom. The number of halogens is 3. The number of fused-ring (bicyclic) bond motifs is 1. The van der Waals surface area contributed by atoms with E-state index in [2.05, 4.69) is 5.10 Å². The Balaban J connectivity index is 1.92. The standard InChI is InChI=1S/C22H17Cl2FN2O3/c1-2-30-22(28)20-17-12-29-11-14(9-13-3-6-16(25)7-4-13)21(17)27(26-20)19-8-5-15(23)10-18(19)24/h3-10H,2,11-12H2,1H3. The molecule has 8 heteroatoms. The maximum absolute atomic E-state index is 13.3. The zero-order valence-electron chi connectivity index (χ0n) is 16.0. The average Bonchev–Trinajstić information content (AvgIpc) is 3.10. The van der Waals surface area contributed by atoms with Gasteiger partial charge in [-0.25, -0.2) is 13.9 Å². The van der Waals surface area contributed by atoms with E-state index in [9.17, 15) is 9.18 Å². The van der Waals surface area contributed by atoms with E-state index in [1.54, 1.807) is 41.9 Å². The van der Waals surface area contributed by atoms with Crippen LogP contribution in [0.5, 0.6) is 0 Å². The van der Waals surface area contributed by atoms with E-state index in [-0.39, 0.29) is 24.7 Å². The Morgan fingerprint density at radius 3 is 2.70 bits per heavy atom. The Hall–Kier alpha value is -2.67. The third-order valence-electron chi connectivity index (χ3n) is 4.61. The zero-order valence-corrected chi connectivity index (χ0v) is 17.5. The molecule has 4 rings (SSSR count). The van der Waals surface area contributed by atoms with Crippen LogP contribution in [0.4, 0.5) is 4.39 Å². The van der Waals surface area contributed by atoms with Crippen LogP contribution in [0.15, 0.2) is 42.5 Å². The highest BCUT2D eigenvalue weighted by molar-refractivity contribution is 6.35. The van der Waals surface area contributed by atoms with Crippen molar-refractivity contribution < 1.29 is 18.7 Å². The molecule has 0 unspecified atom stereocenters. The molecule has 0 fully saturated rings. The Kier molecular flexibility index (Phi) is 5.90. The number of benzene rings is 2. The van der Waals surface area contributed by atoms with Crippen LogP contribution in [0.3, 0.4) is 0 Å². The molecule has 2 aromatic carbocycles. The Bertz CT molecular complexity index is 1140. The van der Waals surface area contributed by atoms with Crippen molar-refractivity contribution in [3.8, 4) is 5.69 Å². The van der Waals surface area contributed by atoms with Crippen molar-refractivity contribution in [3.63, 3.8) is 0 Å². The second kappa shape index (κ2) is 8.60. The fourth-order valence-corrected chi connectivity index (χ4v) is 3.80. The molecule has 0 amide bonds. The summed E-state index contributed by atoms with van der Waals surface area (Å²) in [6.45, 7) is 2.45. The number of hydrogen-bond acceptors (Lipinski definition) is 4. The molecule has 0 aliphatic carbocycles. The van der Waals surface area contributed by atoms with Crippen LogP contribution >= 0.6 is 23.2 Å². The summed E-state index contributed by atoms with van der Waals surface area (Å²) in [5.74, 6) is -0.857. The molecule has 0 N–H and O–H groups in total. The molecule has 30 heavy (non-hydrogen) atoms. The topological polar surface area (TPSA) is 53.3 Å². The minimum absolute atomic E-state index is 0.169. The SMILES string of the molecule is CCOC(=O)c1nn(-c2ccc(Cl)cc2Cl)c2c1COCC2=Cc1ccc(F)cc1. The van der Waals surface area contributed by atoms with Crippen LogP contribution in [-0.2, 0) is 16.1 Å². The van der Waals surface area contributed by atoms with Crippen LogP contribution in [-0.4, -0.2) is 29.0 Å². The number of rotatable bonds is 4. The molecule has 1 aliphatic rings. The minimum Gasteiger partial charge on any atom is -0.461 e. The number of nitrogens with zero attached hydrogens (tertiary/aromatic N) is 2. The third-order valence-corrected chi connectivity index (χ3v) is 5.15. The number of ether oxygens (including phenoxy) is 2. The summed E-state index contributed by atoms with van der Waals surface area (Å²) in [4.78, 5) is 12.5. The minimum atomic E-state index is -0.538. The van der Waals surface area contributed by atoms with Crippen molar-refractivity contribution in [2.45, 2.75) is 13.5 Å². The van der Waals surface area contributed by atoms with Crippen molar-refractivity contribution in [3.05, 3.63) is 80.8 Å². The van der Waals surface area contributed by atoms with Gasteiger partial charge in [-0.1, -0.05) is 35.3 Å². The maximum Gasteiger partial charge on any atom is 0.359 e. The van der Waals surface area contributed by atoms with Gasteiger partial charge in [-0.15, -0.1) is 0 Å². The lowest BCUT2D eigenvalue weighted by Gasteiger charge is -2.19. The van der Waals surface area contributed by atoms with Crippen molar-refractivity contribution >= 4 is 40.8 Å². The fraction of sp³-hybridized carbons (Fsp3) is 0.182. The van der Waals surface area contributed by atoms with E-state index in [4.69, 9.17) is 32.7 Å². The van der Waals surface area contributed by atoms with E-state index in [0.29, 0.717) is 33.6 Å². The molecular formula is C22H17Cl2FN2O3. The molecular weight excluding hydrogens is 430 g/mol. The van der Waals surface area contributed by atoms with Gasteiger partial charge in [-0.05, 0) is 48.9 Å². The second-order valence-electron chi connectivity index (χ2n) is 6.62. The molecule has 0 radical (unpaired) electrons. The van der Waals surface area contributed by atoms with Gasteiger partial charge in [-0.3, -0.25) is 0 Å². The summed E-state index contributed by atoms with van der Waals surface area (Å²) in [7, 11) is 0. The number of carbonyl (C=O) groups is 1. The largest absolute Gasteiger partial charge is 0.461 e. The summed E-state index contributed by atoms with van der Waals surface area (Å²) >= 11 is 12.5. The van der Waals surface area contributed by atoms with Gasteiger partial charge >= 0.3 is 5.97 Å². The molecule has 3 aromatic rings. The fourth-order valence-electron chi connectivity index (χ4n) is 3.31. The lowest BCUT2D eigenvalue weighted by Crippen LogP contribution is -2.14. The first-order chi connectivity index (χ1) is 14.5. The first-order valence-corrected chi connectivity index (χ1v) is 10.0. The summed E-state index contributed by atoms with van der Waals surface area (Å²) in [5, 5.41) is 5.38. The van der Waals surface area contributed by atoms with Gasteiger partial charge in [0.1, 0.15) is 5.82 Å². The van der Waals surface area contributed by atoms with Crippen LogP contribution in [0.25, 0.3) is 17.3 Å². The predicted octanol–water partition coefficient (Wildman–Crippen LogP) is 5.57. The monoisotopic (exact) mass is 446 g/mol. The van der Waals surface area contributed by atoms with Gasteiger partial charge in [0, 0.05) is 16.2 Å². The van der Waals surface area contributed by atoms with Crippen LogP contribution in [0.1, 0.15) is 34.2 Å². The first kappa shape index (κ1) is 20.6. The van der Waals surface area contributed by atoms with Crippen molar-refractivity contribution in [2.75, 3.05) is 13.2 Å². The van der Waals surface area contributed by atoms with Crippen molar-refractivity contribution in [1.29, 1.82) is 0 Å². The maximum atomic E-state index is 13.3. The number of esters is 1. The zero-order chi connectivity index (χ0) is 21.3. The summed E-state index contributed by atoms with van der Waals surface area (Å²) in [6, 6.07) is 11.1. The molecule has 5 nitrogen and oxygen atoms in total. The van der Waals surface area contributed by atoms with E-state index in [0.717, 1.165) is 11.1 Å². The molecule has 0 atom stereocenters. The number of carbonyl (C=O) groups excluding carboxylic acids is 1. The van der Waals surface area contributed by atoms with E-state index in [1.165, 1.54) is 12.1 Å². The van der Waals surface area contributed by atoms with Gasteiger partial charge < -0.3 is 9.47 Å². The van der Waals surface area contributed by atoms with Gasteiger partial charge in [0.2, 0.25) is 0 Å². The quantitative estimate of drug-likeness (QED) is 0.491. The van der Waals surface area contributed by atoms with Gasteiger partial charge in [0.15, 0.2) is 5.69 Å². The molecule has 0 spiro atoms. The molecule has 154 valence electrons. The van der Waals surface area contributed by atoms with E-state index >= 15 is 0 Å². The average molecular weight is 447 g/mol. The van der Waals surface area contributed by atoms with E-state index in [1.807, 2.05) is 6.08 Å². The van der Waals surface area contributed by atoms with Crippen molar-refractivity contribution in [2.24, 2.45) is 0 Å². The summed E-state index contributed by atoms with van der Waals surface area (Å²) in [6.07, 6.45) is 1.87. The molecule has 1 aliphatic heterocycles. The van der Waals surface area contributed by atoms with Crippen LogP contribution in [0.2, 0.25) is 10.0 Å². The van der Waals surface area contributed by atoms with Gasteiger partial charge in [-0.2, -0.15) is 5.10 Å². The predicted molar refractivity (Wildman–Crippen MR) is 113 cm³/mol. The lowest BCUT2D eigenvalue weighted by atomic mass is 10.0. The third kappa shape index (κ3) is 3.99. The number of hydrogen-bond donors (Lipinski definition) is 0. The molecule has 0 saturated heterocycles. The first-order valence-electron chi connectivity index (χ1n) is 9.26. The van der Waals surface area contributed by atoms with Gasteiger partial charge in [0.05, 0.1) is 36.2 Å². The smallest absolute Gasteiger partial charge is 0.359 e. The summed E-state index contributed by atoms with van der Waals surface area (Å²) in [5.41, 5.74) is 3.60. The highest BCUT2D eigenvalue weighted by Crippen LogP contribution is 2.35. The highest BCUT2D eigenvalue weighted by atomic mass is 35.5. The molecule has 0 bridgehead atoms. The molecule has 2 heterocycles. The van der Waals surface area contributed by atoms with Gasteiger partial charge in [0.25, 0.3) is 0 Å². The van der Waals surface area contributed by atoms with E-state index < -0.39 is 5.97 Å². The van der Waals surface area contributed by atoms with Crippen LogP contribution < -0.4 is 0 Å². The normalized spacial score (nSPS) is 14.6. The summed E-state index contributed by atoms with van der Waals surface area (Å²) < 4.78 is 25.8. The van der Waals surface area contributed by atoms with Crippen LogP contribution in [0, 0.1) is 5.82 Å². The Labute approximate surface area is 182 Å². The molecule has 1 aromatic heterocycles. The lowest BCUT2D eigenvalue weighted by molar-refractivity contribution is 0.0512.